The number of nitrogens with zero attached hydrogens (tertiary/aromatic N) is 1. The molecule has 2 fully saturated rings. The fraction of sp³-hybridized carbons (Fsp3) is 0.850. The quantitative estimate of drug-likeness (QED) is 0.405. The minimum Gasteiger partial charge on any atom is -0.251 e. The minimum atomic E-state index is -0.187. The first-order chi connectivity index (χ1) is 10.8. The Morgan fingerprint density at radius 3 is 2.05 bits per heavy atom. The second kappa shape index (κ2) is 10.0. The van der Waals surface area contributed by atoms with E-state index in [1.165, 1.54) is 51.4 Å². The summed E-state index contributed by atoms with van der Waals surface area (Å²) in [7, 11) is 0. The first-order valence-electron chi connectivity index (χ1n) is 9.44. The lowest BCUT2D eigenvalue weighted by molar-refractivity contribution is 0.242. The summed E-state index contributed by atoms with van der Waals surface area (Å²) in [5.41, 5.74) is 0. The summed E-state index contributed by atoms with van der Waals surface area (Å²) in [6.07, 6.45) is 19.2. The lowest BCUT2D eigenvalue weighted by atomic mass is 9.76. The van der Waals surface area contributed by atoms with Gasteiger partial charge < -0.3 is 0 Å². The average Bonchev–Trinajstić information content (AvgIpc) is 2.58. The van der Waals surface area contributed by atoms with Crippen LogP contribution < -0.4 is 0 Å². The van der Waals surface area contributed by atoms with Crippen molar-refractivity contribution in [3.63, 3.8) is 0 Å². The van der Waals surface area contributed by atoms with Crippen molar-refractivity contribution >= 4 is 0 Å². The largest absolute Gasteiger partial charge is 0.251 e. The van der Waals surface area contributed by atoms with Gasteiger partial charge in [-0.05, 0) is 82.0 Å². The van der Waals surface area contributed by atoms with Gasteiger partial charge in [-0.1, -0.05) is 25.0 Å². The van der Waals surface area contributed by atoms with Crippen molar-refractivity contribution in [2.75, 3.05) is 6.67 Å². The third kappa shape index (κ3) is 6.11. The Balaban J connectivity index is 1.56. The molecule has 0 saturated heterocycles. The predicted molar refractivity (Wildman–Crippen MR) is 90.1 cm³/mol. The van der Waals surface area contributed by atoms with Gasteiger partial charge in [0.1, 0.15) is 0 Å². The summed E-state index contributed by atoms with van der Waals surface area (Å²) in [5.74, 6) is 2.92. The van der Waals surface area contributed by atoms with Gasteiger partial charge in [-0.2, -0.15) is 5.26 Å². The second-order valence-corrected chi connectivity index (χ2v) is 7.46. The van der Waals surface area contributed by atoms with E-state index in [-0.39, 0.29) is 6.67 Å². The smallest absolute Gasteiger partial charge is 0.0897 e. The van der Waals surface area contributed by atoms with Crippen LogP contribution >= 0.6 is 0 Å². The van der Waals surface area contributed by atoms with Crippen LogP contribution in [-0.4, -0.2) is 6.67 Å². The molecule has 0 heterocycles. The molecule has 2 rings (SSSR count). The summed E-state index contributed by atoms with van der Waals surface area (Å²) in [6.45, 7) is -0.187. The van der Waals surface area contributed by atoms with Crippen LogP contribution in [0.1, 0.15) is 77.0 Å². The molecule has 2 heteroatoms. The molecule has 0 bridgehead atoms. The van der Waals surface area contributed by atoms with E-state index in [1.54, 1.807) is 0 Å². The van der Waals surface area contributed by atoms with Gasteiger partial charge in [0, 0.05) is 5.92 Å². The summed E-state index contributed by atoms with van der Waals surface area (Å²) in [6, 6.07) is 2.43. The number of halogens is 1. The standard InChI is InChI=1S/C20H32FN/c21-15-3-1-2-4-17-5-7-18(8-6-17)9-10-19-11-13-20(16-22)14-12-19/h2,4,17-20H,1,3,5-15H2/b4-2+. The van der Waals surface area contributed by atoms with E-state index in [4.69, 9.17) is 5.26 Å². The van der Waals surface area contributed by atoms with E-state index < -0.39 is 0 Å². The van der Waals surface area contributed by atoms with Gasteiger partial charge >= 0.3 is 0 Å². The van der Waals surface area contributed by atoms with Crippen molar-refractivity contribution in [3.05, 3.63) is 12.2 Å². The molecule has 0 radical (unpaired) electrons. The number of allylic oxidation sites excluding steroid dienone is 2. The summed E-state index contributed by atoms with van der Waals surface area (Å²) in [4.78, 5) is 0. The Bertz CT molecular complexity index is 354. The highest BCUT2D eigenvalue weighted by atomic mass is 19.1. The fourth-order valence-corrected chi connectivity index (χ4v) is 4.20. The van der Waals surface area contributed by atoms with E-state index in [0.717, 1.165) is 37.0 Å². The Labute approximate surface area is 136 Å². The molecular formula is C20H32FN. The average molecular weight is 305 g/mol. The van der Waals surface area contributed by atoms with Crippen LogP contribution in [0.4, 0.5) is 4.39 Å². The normalized spacial score (nSPS) is 32.9. The molecular weight excluding hydrogens is 273 g/mol. The summed E-state index contributed by atoms with van der Waals surface area (Å²) >= 11 is 0. The highest BCUT2D eigenvalue weighted by molar-refractivity contribution is 4.91. The highest BCUT2D eigenvalue weighted by Gasteiger charge is 2.23. The summed E-state index contributed by atoms with van der Waals surface area (Å²) in [5, 5.41) is 8.95. The molecule has 0 spiro atoms. The van der Waals surface area contributed by atoms with Gasteiger partial charge in [0.2, 0.25) is 0 Å². The molecule has 0 aromatic heterocycles. The van der Waals surface area contributed by atoms with Crippen LogP contribution in [0, 0.1) is 35.0 Å². The number of rotatable bonds is 7. The van der Waals surface area contributed by atoms with Crippen LogP contribution in [-0.2, 0) is 0 Å². The number of unbranched alkanes of at least 4 members (excludes halogenated alkanes) is 1. The first kappa shape index (κ1) is 17.5. The molecule has 0 aromatic rings. The van der Waals surface area contributed by atoms with Crippen LogP contribution in [0.5, 0.6) is 0 Å². The molecule has 0 unspecified atom stereocenters. The predicted octanol–water partition coefficient (Wildman–Crippen LogP) is 6.21. The van der Waals surface area contributed by atoms with E-state index in [1.807, 2.05) is 0 Å². The lowest BCUT2D eigenvalue weighted by Crippen LogP contribution is -2.17. The number of hydrogen-bond acceptors (Lipinski definition) is 1. The van der Waals surface area contributed by atoms with Crippen LogP contribution in [0.3, 0.4) is 0 Å². The molecule has 0 aliphatic heterocycles. The van der Waals surface area contributed by atoms with E-state index in [2.05, 4.69) is 18.2 Å². The van der Waals surface area contributed by atoms with Crippen LogP contribution in [0.2, 0.25) is 0 Å². The Kier molecular flexibility index (Phi) is 7.99. The van der Waals surface area contributed by atoms with Gasteiger partial charge in [-0.3, -0.25) is 4.39 Å². The van der Waals surface area contributed by atoms with Gasteiger partial charge in [-0.25, -0.2) is 0 Å². The van der Waals surface area contributed by atoms with E-state index in [0.29, 0.717) is 12.3 Å². The van der Waals surface area contributed by atoms with Crippen molar-refractivity contribution in [3.8, 4) is 6.07 Å². The molecule has 22 heavy (non-hydrogen) atoms. The van der Waals surface area contributed by atoms with E-state index in [9.17, 15) is 4.39 Å². The SMILES string of the molecule is N#CC1CCC(CCC2CCC(/C=C/CCCF)CC2)CC1. The van der Waals surface area contributed by atoms with Gasteiger partial charge in [0.15, 0.2) is 0 Å². The molecule has 0 amide bonds. The van der Waals surface area contributed by atoms with Crippen LogP contribution in [0.15, 0.2) is 12.2 Å². The lowest BCUT2D eigenvalue weighted by Gasteiger charge is -2.30. The zero-order chi connectivity index (χ0) is 15.6. The summed E-state index contributed by atoms with van der Waals surface area (Å²) < 4.78 is 12.0. The fourth-order valence-electron chi connectivity index (χ4n) is 4.20. The van der Waals surface area contributed by atoms with Crippen molar-refractivity contribution in [1.82, 2.24) is 0 Å². The maximum absolute atomic E-state index is 12.0. The van der Waals surface area contributed by atoms with Crippen molar-refractivity contribution in [2.45, 2.75) is 77.0 Å². The van der Waals surface area contributed by atoms with Gasteiger partial charge in [0.05, 0.1) is 12.7 Å². The molecule has 0 atom stereocenters. The molecule has 2 aliphatic carbocycles. The van der Waals surface area contributed by atoms with Crippen molar-refractivity contribution in [2.24, 2.45) is 23.7 Å². The maximum Gasteiger partial charge on any atom is 0.0897 e. The van der Waals surface area contributed by atoms with Crippen LogP contribution in [0.25, 0.3) is 0 Å². The van der Waals surface area contributed by atoms with Gasteiger partial charge in [0.25, 0.3) is 0 Å². The second-order valence-electron chi connectivity index (χ2n) is 7.46. The Morgan fingerprint density at radius 2 is 1.50 bits per heavy atom. The molecule has 2 aliphatic rings. The van der Waals surface area contributed by atoms with E-state index >= 15 is 0 Å². The third-order valence-electron chi connectivity index (χ3n) is 5.82. The third-order valence-corrected chi connectivity index (χ3v) is 5.82. The Morgan fingerprint density at radius 1 is 0.909 bits per heavy atom. The van der Waals surface area contributed by atoms with Crippen molar-refractivity contribution in [1.29, 1.82) is 5.26 Å². The molecule has 0 N–H and O–H groups in total. The number of hydrogen-bond donors (Lipinski definition) is 0. The maximum atomic E-state index is 12.0. The van der Waals surface area contributed by atoms with Crippen molar-refractivity contribution < 1.29 is 4.39 Å². The zero-order valence-corrected chi connectivity index (χ0v) is 14.0. The topological polar surface area (TPSA) is 23.8 Å². The monoisotopic (exact) mass is 305 g/mol. The molecule has 2 saturated carbocycles. The molecule has 1 nitrogen and oxygen atoms in total. The molecule has 0 aromatic carbocycles. The minimum absolute atomic E-state index is 0.187. The highest BCUT2D eigenvalue weighted by Crippen LogP contribution is 2.36. The molecule has 124 valence electrons. The van der Waals surface area contributed by atoms with Gasteiger partial charge in [-0.15, -0.1) is 0 Å². The Hall–Kier alpha value is -0.840. The number of nitriles is 1. The first-order valence-corrected chi connectivity index (χ1v) is 9.44. The zero-order valence-electron chi connectivity index (χ0n) is 14.0. The number of alkyl halides is 1.